The summed E-state index contributed by atoms with van der Waals surface area (Å²) in [4.78, 5) is 47.9. The summed E-state index contributed by atoms with van der Waals surface area (Å²) >= 11 is 0.771. The third-order valence-electron chi connectivity index (χ3n) is 7.15. The van der Waals surface area contributed by atoms with Gasteiger partial charge in [-0.2, -0.15) is 22.7 Å². The van der Waals surface area contributed by atoms with Crippen molar-refractivity contribution in [2.45, 2.75) is 58.9 Å². The Hall–Kier alpha value is -3.92. The van der Waals surface area contributed by atoms with Crippen LogP contribution in [0.4, 0.5) is 28.7 Å². The molecule has 2 amide bonds. The fourth-order valence-corrected chi connectivity index (χ4v) is 5.93. The van der Waals surface area contributed by atoms with Gasteiger partial charge in [0, 0.05) is 31.6 Å². The van der Waals surface area contributed by atoms with E-state index in [4.69, 9.17) is 9.47 Å². The van der Waals surface area contributed by atoms with Gasteiger partial charge in [-0.3, -0.25) is 9.59 Å². The van der Waals surface area contributed by atoms with Crippen LogP contribution in [0.2, 0.25) is 0 Å². The predicted octanol–water partition coefficient (Wildman–Crippen LogP) is 4.03. The average molecular weight is 638 g/mol. The van der Waals surface area contributed by atoms with Gasteiger partial charge in [0.2, 0.25) is 11.7 Å². The lowest BCUT2D eigenvalue weighted by Gasteiger charge is -2.37. The van der Waals surface area contributed by atoms with E-state index < -0.39 is 34.9 Å². The maximum Gasteiger partial charge on any atom is 0.417 e. The number of piperazine rings is 1. The van der Waals surface area contributed by atoms with Crippen LogP contribution in [0.1, 0.15) is 51.2 Å². The molecule has 3 aromatic rings. The van der Waals surface area contributed by atoms with Gasteiger partial charge in [-0.05, 0) is 45.3 Å². The van der Waals surface area contributed by atoms with Crippen molar-refractivity contribution in [3.63, 3.8) is 0 Å². The predicted molar refractivity (Wildman–Crippen MR) is 158 cm³/mol. The molecule has 0 aromatic carbocycles. The highest BCUT2D eigenvalue weighted by molar-refractivity contribution is 7.14. The topological polar surface area (TPSA) is 123 Å². The van der Waals surface area contributed by atoms with Gasteiger partial charge in [-0.25, -0.2) is 4.79 Å². The van der Waals surface area contributed by atoms with E-state index in [1.54, 1.807) is 30.2 Å². The number of alkyl halides is 3. The number of anilines is 2. The number of hydrogen-bond donors (Lipinski definition) is 1. The maximum atomic E-state index is 14.0. The molecule has 1 saturated heterocycles. The number of amides is 2. The van der Waals surface area contributed by atoms with E-state index >= 15 is 0 Å². The van der Waals surface area contributed by atoms with Crippen molar-refractivity contribution < 1.29 is 32.2 Å². The smallest absolute Gasteiger partial charge is 0.417 e. The normalized spacial score (nSPS) is 16.3. The lowest BCUT2D eigenvalue weighted by Crippen LogP contribution is -2.51. The molecule has 0 atom stereocenters. The lowest BCUT2D eigenvalue weighted by molar-refractivity contribution is -0.137. The van der Waals surface area contributed by atoms with E-state index in [2.05, 4.69) is 15.4 Å². The number of aromatic nitrogens is 4. The van der Waals surface area contributed by atoms with Gasteiger partial charge in [0.25, 0.3) is 5.56 Å². The standard InChI is InChI=1S/C28H34F3N7O5S/c1-5-19-22(35-8-10-36(11-9-35)26(41)43-27(2,3)4)24(40)38-25(33-23(34-38)17-6-12-42-13-7-17)37(19)15-20(39)32-21-14-18(16-44-21)28(29,30)31/h6,14,16H,5,7-13,15H2,1-4H3,(H,32,39). The molecule has 0 saturated carbocycles. The third kappa shape index (κ3) is 6.75. The van der Waals surface area contributed by atoms with Gasteiger partial charge >= 0.3 is 12.3 Å². The van der Waals surface area contributed by atoms with E-state index in [0.29, 0.717) is 69.4 Å². The Morgan fingerprint density at radius 2 is 1.89 bits per heavy atom. The summed E-state index contributed by atoms with van der Waals surface area (Å²) in [6, 6.07) is 0.882. The molecule has 0 radical (unpaired) electrons. The minimum Gasteiger partial charge on any atom is -0.444 e. The number of fused-ring (bicyclic) bond motifs is 1. The highest BCUT2D eigenvalue weighted by atomic mass is 32.1. The Bertz CT molecular complexity index is 1650. The maximum absolute atomic E-state index is 14.0. The second-order valence-electron chi connectivity index (χ2n) is 11.4. The number of halogens is 3. The molecule has 0 aliphatic carbocycles. The van der Waals surface area contributed by atoms with Gasteiger partial charge in [0.05, 0.1) is 29.5 Å². The van der Waals surface area contributed by atoms with Gasteiger partial charge in [-0.1, -0.05) is 13.0 Å². The number of nitrogens with zero attached hydrogens (tertiary/aromatic N) is 6. The summed E-state index contributed by atoms with van der Waals surface area (Å²) in [7, 11) is 0. The molecule has 5 rings (SSSR count). The van der Waals surface area contributed by atoms with Crippen molar-refractivity contribution in [1.82, 2.24) is 24.1 Å². The number of hydrogen-bond acceptors (Lipinski definition) is 9. The molecular weight excluding hydrogens is 603 g/mol. The Morgan fingerprint density at radius 3 is 2.48 bits per heavy atom. The molecule has 0 bridgehead atoms. The van der Waals surface area contributed by atoms with Crippen molar-refractivity contribution in [2.24, 2.45) is 0 Å². The largest absolute Gasteiger partial charge is 0.444 e. The fourth-order valence-electron chi connectivity index (χ4n) is 5.11. The first kappa shape index (κ1) is 31.5. The quantitative estimate of drug-likeness (QED) is 0.430. The number of ether oxygens (including phenoxy) is 2. The highest BCUT2D eigenvalue weighted by Crippen LogP contribution is 2.34. The molecule has 44 heavy (non-hydrogen) atoms. The van der Waals surface area contributed by atoms with Gasteiger partial charge in [0.15, 0.2) is 5.82 Å². The molecule has 2 aliphatic heterocycles. The second-order valence-corrected chi connectivity index (χ2v) is 12.4. The number of nitrogens with one attached hydrogen (secondary N) is 1. The van der Waals surface area contributed by atoms with Crippen LogP contribution in [0, 0.1) is 0 Å². The minimum atomic E-state index is -4.53. The van der Waals surface area contributed by atoms with Crippen LogP contribution in [0.25, 0.3) is 11.4 Å². The zero-order valence-corrected chi connectivity index (χ0v) is 25.7. The summed E-state index contributed by atoms with van der Waals surface area (Å²) in [6.45, 7) is 9.03. The Balaban J connectivity index is 1.50. The monoisotopic (exact) mass is 637 g/mol. The van der Waals surface area contributed by atoms with Gasteiger partial charge in [-0.15, -0.1) is 16.4 Å². The Morgan fingerprint density at radius 1 is 1.16 bits per heavy atom. The van der Waals surface area contributed by atoms with Gasteiger partial charge < -0.3 is 29.2 Å². The van der Waals surface area contributed by atoms with Crippen molar-refractivity contribution in [1.29, 1.82) is 0 Å². The van der Waals surface area contributed by atoms with E-state index in [9.17, 15) is 27.6 Å². The molecule has 2 aliphatic rings. The van der Waals surface area contributed by atoms with Crippen LogP contribution in [0.3, 0.4) is 0 Å². The first-order valence-electron chi connectivity index (χ1n) is 14.2. The van der Waals surface area contributed by atoms with Crippen LogP contribution >= 0.6 is 11.3 Å². The molecule has 3 aromatic heterocycles. The molecule has 1 fully saturated rings. The van der Waals surface area contributed by atoms with Crippen molar-refractivity contribution in [2.75, 3.05) is 49.6 Å². The van der Waals surface area contributed by atoms with E-state index in [-0.39, 0.29) is 17.3 Å². The average Bonchev–Trinajstić information content (AvgIpc) is 3.62. The number of rotatable bonds is 6. The first-order valence-corrected chi connectivity index (χ1v) is 15.1. The van der Waals surface area contributed by atoms with Crippen molar-refractivity contribution in [3.8, 4) is 0 Å². The van der Waals surface area contributed by atoms with Gasteiger partial charge in [0.1, 0.15) is 17.8 Å². The molecule has 16 heteroatoms. The van der Waals surface area contributed by atoms with Crippen molar-refractivity contribution >= 4 is 45.4 Å². The summed E-state index contributed by atoms with van der Waals surface area (Å²) < 4.78 is 53.0. The third-order valence-corrected chi connectivity index (χ3v) is 8.00. The molecule has 12 nitrogen and oxygen atoms in total. The fraction of sp³-hybridized carbons (Fsp3) is 0.536. The van der Waals surface area contributed by atoms with Crippen LogP contribution in [-0.2, 0) is 33.4 Å². The van der Waals surface area contributed by atoms with Crippen LogP contribution < -0.4 is 15.8 Å². The number of thiophene rings is 1. The highest BCUT2D eigenvalue weighted by Gasteiger charge is 2.33. The Labute approximate surface area is 255 Å². The van der Waals surface area contributed by atoms with Crippen LogP contribution in [0.5, 0.6) is 0 Å². The summed E-state index contributed by atoms with van der Waals surface area (Å²) in [5, 5.41) is 8.04. The number of carbonyl (C=O) groups is 2. The van der Waals surface area contributed by atoms with E-state index in [1.807, 2.05) is 17.9 Å². The van der Waals surface area contributed by atoms with Crippen LogP contribution in [0.15, 0.2) is 22.3 Å². The lowest BCUT2D eigenvalue weighted by atomic mass is 10.1. The first-order chi connectivity index (χ1) is 20.7. The molecule has 238 valence electrons. The van der Waals surface area contributed by atoms with Crippen molar-refractivity contribution in [3.05, 3.63) is 45.0 Å². The molecular formula is C28H34F3N7O5S. The molecule has 0 spiro atoms. The summed E-state index contributed by atoms with van der Waals surface area (Å²) in [6.07, 6.45) is -2.24. The zero-order chi connectivity index (χ0) is 31.8. The van der Waals surface area contributed by atoms with E-state index in [0.717, 1.165) is 28.4 Å². The number of carbonyl (C=O) groups excluding carboxylic acids is 2. The Kier molecular flexibility index (Phi) is 8.75. The minimum absolute atomic E-state index is 0.0467. The zero-order valence-electron chi connectivity index (χ0n) is 24.9. The summed E-state index contributed by atoms with van der Waals surface area (Å²) in [5.74, 6) is -0.111. The molecule has 1 N–H and O–H groups in total. The SMILES string of the molecule is CCc1c(N2CCN(C(=O)OC(C)(C)C)CC2)c(=O)n2nc(C3=CCOCC3)nc2n1CC(=O)Nc1cc(C(F)(F)F)cs1. The van der Waals surface area contributed by atoms with Crippen LogP contribution in [-0.4, -0.2) is 81.1 Å². The second kappa shape index (κ2) is 12.2. The van der Waals surface area contributed by atoms with E-state index in [1.165, 1.54) is 4.52 Å². The molecule has 0 unspecified atom stereocenters. The molecule has 5 heterocycles. The summed E-state index contributed by atoms with van der Waals surface area (Å²) in [5.41, 5.74) is -0.268.